The smallest absolute Gasteiger partial charge is 0.300 e. The van der Waals surface area contributed by atoms with Gasteiger partial charge in [-0.2, -0.15) is 0 Å². The van der Waals surface area contributed by atoms with Crippen LogP contribution in [-0.4, -0.2) is 23.9 Å². The molecule has 1 aliphatic heterocycles. The molecule has 0 bridgehead atoms. The molecule has 3 aromatic carbocycles. The summed E-state index contributed by atoms with van der Waals surface area (Å²) in [4.78, 5) is 28.5. The largest absolute Gasteiger partial charge is 0.507 e. The topological polar surface area (TPSA) is 66.8 Å². The van der Waals surface area contributed by atoms with Crippen molar-refractivity contribution in [1.29, 1.82) is 0 Å². The first-order valence-corrected chi connectivity index (χ1v) is 12.2. The number of nitrogens with zero attached hydrogens (tertiary/aromatic N) is 1. The Balaban J connectivity index is 2.00. The van der Waals surface area contributed by atoms with E-state index in [0.717, 1.165) is 23.1 Å². The van der Waals surface area contributed by atoms with Crippen LogP contribution in [0.1, 0.15) is 61.6 Å². The van der Waals surface area contributed by atoms with E-state index in [9.17, 15) is 14.7 Å². The van der Waals surface area contributed by atoms with Crippen molar-refractivity contribution in [3.63, 3.8) is 0 Å². The Hall–Kier alpha value is -3.86. The molecule has 0 saturated carbocycles. The van der Waals surface area contributed by atoms with Crippen molar-refractivity contribution < 1.29 is 19.4 Å². The molecule has 3 aromatic rings. The van der Waals surface area contributed by atoms with Crippen molar-refractivity contribution >= 4 is 23.1 Å². The van der Waals surface area contributed by atoms with E-state index in [2.05, 4.69) is 27.7 Å². The minimum absolute atomic E-state index is 0.0539. The van der Waals surface area contributed by atoms with Crippen molar-refractivity contribution in [2.45, 2.75) is 52.5 Å². The number of anilines is 1. The van der Waals surface area contributed by atoms with Gasteiger partial charge in [0.05, 0.1) is 18.7 Å². The van der Waals surface area contributed by atoms with E-state index in [1.165, 1.54) is 4.90 Å². The number of ether oxygens (including phenoxy) is 1. The molecule has 5 nitrogen and oxygen atoms in total. The van der Waals surface area contributed by atoms with E-state index in [1.54, 1.807) is 13.2 Å². The number of amides is 1. The van der Waals surface area contributed by atoms with Crippen LogP contribution in [0, 0.1) is 6.92 Å². The lowest BCUT2D eigenvalue weighted by atomic mass is 9.84. The van der Waals surface area contributed by atoms with Gasteiger partial charge < -0.3 is 9.84 Å². The number of hydrogen-bond donors (Lipinski definition) is 1. The third-order valence-electron chi connectivity index (χ3n) is 6.86. The summed E-state index contributed by atoms with van der Waals surface area (Å²) in [5.41, 5.74) is 4.62. The second kappa shape index (κ2) is 9.65. The number of ketones is 1. The summed E-state index contributed by atoms with van der Waals surface area (Å²) < 4.78 is 5.62. The lowest BCUT2D eigenvalue weighted by Gasteiger charge is -2.27. The third kappa shape index (κ3) is 4.41. The SMILES string of the molecule is CCc1ccc(N2C(=O)C(=O)/C(=C(/O)c3cc(C(C)(C)C)ccc3C)C2c2ccccc2OC)cc1. The Morgan fingerprint density at radius 1 is 1.00 bits per heavy atom. The van der Waals surface area contributed by atoms with Crippen LogP contribution in [0.3, 0.4) is 0 Å². The Labute approximate surface area is 213 Å². The van der Waals surface area contributed by atoms with Crippen molar-refractivity contribution in [3.05, 3.63) is 100 Å². The Morgan fingerprint density at radius 2 is 1.67 bits per heavy atom. The molecule has 0 spiro atoms. The molecule has 1 atom stereocenters. The number of hydrogen-bond acceptors (Lipinski definition) is 4. The number of para-hydroxylation sites is 1. The van der Waals surface area contributed by atoms with E-state index in [1.807, 2.05) is 67.6 Å². The van der Waals surface area contributed by atoms with E-state index in [-0.39, 0.29) is 16.7 Å². The normalized spacial score (nSPS) is 17.5. The average Bonchev–Trinajstić information content (AvgIpc) is 3.13. The number of rotatable bonds is 5. The lowest BCUT2D eigenvalue weighted by Crippen LogP contribution is -2.29. The molecule has 4 rings (SSSR count). The molecular formula is C31H33NO4. The highest BCUT2D eigenvalue weighted by atomic mass is 16.5. The molecule has 1 unspecified atom stereocenters. The summed E-state index contributed by atoms with van der Waals surface area (Å²) in [6.07, 6.45) is 0.860. The number of methoxy groups -OCH3 is 1. The highest BCUT2D eigenvalue weighted by molar-refractivity contribution is 6.51. The van der Waals surface area contributed by atoms with Gasteiger partial charge in [0.2, 0.25) is 0 Å². The molecule has 1 amide bonds. The summed E-state index contributed by atoms with van der Waals surface area (Å²) in [5.74, 6) is -1.05. The van der Waals surface area contributed by atoms with Gasteiger partial charge in [-0.25, -0.2) is 0 Å². The number of Topliss-reactive ketones (excluding diaryl/α,β-unsaturated/α-hetero) is 1. The molecule has 0 radical (unpaired) electrons. The maximum atomic E-state index is 13.6. The second-order valence-electron chi connectivity index (χ2n) is 10.2. The summed E-state index contributed by atoms with van der Waals surface area (Å²) in [5, 5.41) is 11.7. The Bertz CT molecular complexity index is 1350. The van der Waals surface area contributed by atoms with E-state index >= 15 is 0 Å². The van der Waals surface area contributed by atoms with E-state index in [0.29, 0.717) is 22.6 Å². The van der Waals surface area contributed by atoms with E-state index in [4.69, 9.17) is 4.74 Å². The van der Waals surface area contributed by atoms with Crippen molar-refractivity contribution in [1.82, 2.24) is 0 Å². The van der Waals surface area contributed by atoms with Gasteiger partial charge in [0, 0.05) is 16.8 Å². The molecule has 5 heteroatoms. The molecular weight excluding hydrogens is 450 g/mol. The van der Waals surface area contributed by atoms with Crippen LogP contribution in [0.4, 0.5) is 5.69 Å². The van der Waals surface area contributed by atoms with Crippen molar-refractivity contribution in [2.75, 3.05) is 12.0 Å². The van der Waals surface area contributed by atoms with Gasteiger partial charge in [0.15, 0.2) is 0 Å². The molecule has 1 aliphatic rings. The molecule has 0 aliphatic carbocycles. The lowest BCUT2D eigenvalue weighted by molar-refractivity contribution is -0.132. The van der Waals surface area contributed by atoms with Crippen LogP contribution >= 0.6 is 0 Å². The molecule has 1 fully saturated rings. The van der Waals surface area contributed by atoms with Gasteiger partial charge in [0.1, 0.15) is 11.5 Å². The first-order chi connectivity index (χ1) is 17.1. The Morgan fingerprint density at radius 3 is 2.28 bits per heavy atom. The van der Waals surface area contributed by atoms with Crippen LogP contribution in [0.15, 0.2) is 72.3 Å². The predicted molar refractivity (Wildman–Crippen MR) is 143 cm³/mol. The van der Waals surface area contributed by atoms with Gasteiger partial charge in [-0.05, 0) is 59.7 Å². The Kier molecular flexibility index (Phi) is 6.77. The summed E-state index contributed by atoms with van der Waals surface area (Å²) in [6.45, 7) is 10.2. The highest BCUT2D eigenvalue weighted by Crippen LogP contribution is 2.45. The average molecular weight is 484 g/mol. The molecule has 36 heavy (non-hydrogen) atoms. The highest BCUT2D eigenvalue weighted by Gasteiger charge is 2.48. The van der Waals surface area contributed by atoms with Gasteiger partial charge in [-0.1, -0.05) is 70.2 Å². The van der Waals surface area contributed by atoms with Crippen molar-refractivity contribution in [3.8, 4) is 5.75 Å². The third-order valence-corrected chi connectivity index (χ3v) is 6.86. The quantitative estimate of drug-likeness (QED) is 0.256. The minimum atomic E-state index is -0.841. The number of aliphatic hydroxyl groups is 1. The molecule has 1 saturated heterocycles. The zero-order chi connectivity index (χ0) is 26.2. The zero-order valence-corrected chi connectivity index (χ0v) is 21.8. The maximum absolute atomic E-state index is 13.6. The fourth-order valence-corrected chi connectivity index (χ4v) is 4.67. The van der Waals surface area contributed by atoms with Gasteiger partial charge >= 0.3 is 0 Å². The number of carbonyl (C=O) groups excluding carboxylic acids is 2. The summed E-state index contributed by atoms with van der Waals surface area (Å²) >= 11 is 0. The number of benzene rings is 3. The fourth-order valence-electron chi connectivity index (χ4n) is 4.67. The summed E-state index contributed by atoms with van der Waals surface area (Å²) in [6, 6.07) is 19.9. The number of aliphatic hydroxyl groups excluding tert-OH is 1. The van der Waals surface area contributed by atoms with Gasteiger partial charge in [0.25, 0.3) is 11.7 Å². The molecule has 0 aromatic heterocycles. The zero-order valence-electron chi connectivity index (χ0n) is 21.8. The number of carbonyl (C=O) groups is 2. The van der Waals surface area contributed by atoms with Crippen molar-refractivity contribution in [2.24, 2.45) is 0 Å². The molecule has 1 N–H and O–H groups in total. The maximum Gasteiger partial charge on any atom is 0.300 e. The summed E-state index contributed by atoms with van der Waals surface area (Å²) in [7, 11) is 1.55. The van der Waals surface area contributed by atoms with Gasteiger partial charge in [-0.15, -0.1) is 0 Å². The second-order valence-corrected chi connectivity index (χ2v) is 10.2. The molecule has 186 valence electrons. The van der Waals surface area contributed by atoms with E-state index < -0.39 is 17.7 Å². The van der Waals surface area contributed by atoms with Crippen LogP contribution in [0.5, 0.6) is 5.75 Å². The van der Waals surface area contributed by atoms with Crippen LogP contribution in [0.2, 0.25) is 0 Å². The fraction of sp³-hybridized carbons (Fsp3) is 0.290. The minimum Gasteiger partial charge on any atom is -0.507 e. The first-order valence-electron chi connectivity index (χ1n) is 12.2. The van der Waals surface area contributed by atoms with Crippen LogP contribution in [0.25, 0.3) is 5.76 Å². The predicted octanol–water partition coefficient (Wildman–Crippen LogP) is 6.49. The van der Waals surface area contributed by atoms with Gasteiger partial charge in [-0.3, -0.25) is 14.5 Å². The standard InChI is InChI=1S/C31H33NO4/c1-7-20-13-16-22(17-14-20)32-27(23-10-8-9-11-25(23)36-6)26(29(34)30(32)35)28(33)24-18-21(31(3,4)5)15-12-19(24)2/h8-18,27,33H,7H2,1-6H3/b28-26+. The molecule has 1 heterocycles. The van der Waals surface area contributed by atoms with Crippen LogP contribution < -0.4 is 9.64 Å². The van der Waals surface area contributed by atoms with Crippen LogP contribution in [-0.2, 0) is 21.4 Å². The monoisotopic (exact) mass is 483 g/mol. The first kappa shape index (κ1) is 25.2. The number of aryl methyl sites for hydroxylation is 2.